The maximum atomic E-state index is 11.3. The highest BCUT2D eigenvalue weighted by Crippen LogP contribution is 2.27. The summed E-state index contributed by atoms with van der Waals surface area (Å²) in [7, 11) is 0. The van der Waals surface area contributed by atoms with Gasteiger partial charge < -0.3 is 10.4 Å². The van der Waals surface area contributed by atoms with Crippen LogP contribution in [0.25, 0.3) is 0 Å². The Hall–Kier alpha value is -1.65. The lowest BCUT2D eigenvalue weighted by atomic mass is 9.99. The molecule has 17 heavy (non-hydrogen) atoms. The average Bonchev–Trinajstić information content (AvgIpc) is 2.77. The van der Waals surface area contributed by atoms with Crippen molar-refractivity contribution < 1.29 is 9.90 Å². The SMILES string of the molecule is CCC(C)(Nc1ncnc2c1CCC2)C(=O)O. The van der Waals surface area contributed by atoms with Crippen LogP contribution in [0.2, 0.25) is 0 Å². The Kier molecular flexibility index (Phi) is 3.00. The van der Waals surface area contributed by atoms with Crippen molar-refractivity contribution in [2.75, 3.05) is 5.32 Å². The van der Waals surface area contributed by atoms with Gasteiger partial charge in [0.15, 0.2) is 0 Å². The van der Waals surface area contributed by atoms with E-state index >= 15 is 0 Å². The molecule has 1 aliphatic carbocycles. The number of hydrogen-bond donors (Lipinski definition) is 2. The molecule has 1 aromatic heterocycles. The molecule has 0 fully saturated rings. The first kappa shape index (κ1) is 11.8. The Labute approximate surface area is 100 Å². The molecule has 1 aliphatic rings. The first-order chi connectivity index (χ1) is 8.07. The fraction of sp³-hybridized carbons (Fsp3) is 0.583. The molecule has 0 spiro atoms. The third-order valence-corrected chi connectivity index (χ3v) is 3.45. The van der Waals surface area contributed by atoms with Gasteiger partial charge >= 0.3 is 5.97 Å². The first-order valence-corrected chi connectivity index (χ1v) is 5.91. The van der Waals surface area contributed by atoms with Crippen molar-refractivity contribution >= 4 is 11.8 Å². The lowest BCUT2D eigenvalue weighted by Gasteiger charge is -2.26. The van der Waals surface area contributed by atoms with Crippen LogP contribution in [0.1, 0.15) is 37.9 Å². The summed E-state index contributed by atoms with van der Waals surface area (Å²) in [5, 5.41) is 12.3. The topological polar surface area (TPSA) is 75.1 Å². The molecule has 0 aliphatic heterocycles. The van der Waals surface area contributed by atoms with Crippen molar-refractivity contribution in [3.63, 3.8) is 0 Å². The molecule has 0 radical (unpaired) electrons. The van der Waals surface area contributed by atoms with E-state index in [0.717, 1.165) is 30.5 Å². The second kappa shape index (κ2) is 4.31. The predicted molar refractivity (Wildman–Crippen MR) is 64.0 cm³/mol. The Morgan fingerprint density at radius 1 is 1.53 bits per heavy atom. The molecule has 1 unspecified atom stereocenters. The van der Waals surface area contributed by atoms with Crippen molar-refractivity contribution in [1.29, 1.82) is 0 Å². The smallest absolute Gasteiger partial charge is 0.329 e. The zero-order valence-corrected chi connectivity index (χ0v) is 10.2. The van der Waals surface area contributed by atoms with Gasteiger partial charge in [-0.25, -0.2) is 14.8 Å². The summed E-state index contributed by atoms with van der Waals surface area (Å²) < 4.78 is 0. The van der Waals surface area contributed by atoms with Crippen LogP contribution >= 0.6 is 0 Å². The average molecular weight is 235 g/mol. The van der Waals surface area contributed by atoms with Gasteiger partial charge in [0.05, 0.1) is 0 Å². The molecule has 2 N–H and O–H groups in total. The van der Waals surface area contributed by atoms with Crippen molar-refractivity contribution in [2.24, 2.45) is 0 Å². The van der Waals surface area contributed by atoms with Crippen LogP contribution in [-0.2, 0) is 17.6 Å². The number of nitrogens with zero attached hydrogens (tertiary/aromatic N) is 2. The zero-order valence-electron chi connectivity index (χ0n) is 10.2. The van der Waals surface area contributed by atoms with E-state index < -0.39 is 11.5 Å². The fourth-order valence-electron chi connectivity index (χ4n) is 2.02. The summed E-state index contributed by atoms with van der Waals surface area (Å²) in [6.07, 6.45) is 4.96. The first-order valence-electron chi connectivity index (χ1n) is 5.91. The number of nitrogens with one attached hydrogen (secondary N) is 1. The van der Waals surface area contributed by atoms with Crippen molar-refractivity contribution in [3.05, 3.63) is 17.6 Å². The number of aliphatic carboxylic acids is 1. The van der Waals surface area contributed by atoms with E-state index in [1.54, 1.807) is 6.92 Å². The molecular weight excluding hydrogens is 218 g/mol. The lowest BCUT2D eigenvalue weighted by Crippen LogP contribution is -2.43. The Morgan fingerprint density at radius 3 is 2.94 bits per heavy atom. The number of aromatic nitrogens is 2. The van der Waals surface area contributed by atoms with Crippen LogP contribution in [0.4, 0.5) is 5.82 Å². The molecule has 5 heteroatoms. The highest BCUT2D eigenvalue weighted by molar-refractivity contribution is 5.82. The van der Waals surface area contributed by atoms with Crippen LogP contribution < -0.4 is 5.32 Å². The summed E-state index contributed by atoms with van der Waals surface area (Å²) in [6.45, 7) is 3.53. The van der Waals surface area contributed by atoms with Gasteiger partial charge in [-0.15, -0.1) is 0 Å². The van der Waals surface area contributed by atoms with Gasteiger partial charge in [0.2, 0.25) is 0 Å². The number of anilines is 1. The number of hydrogen-bond acceptors (Lipinski definition) is 4. The molecule has 1 heterocycles. The molecule has 0 bridgehead atoms. The molecule has 0 amide bonds. The fourth-order valence-corrected chi connectivity index (χ4v) is 2.02. The molecule has 1 atom stereocenters. The van der Waals surface area contributed by atoms with Gasteiger partial charge in [0.1, 0.15) is 17.7 Å². The summed E-state index contributed by atoms with van der Waals surface area (Å²) in [6, 6.07) is 0. The molecule has 0 saturated heterocycles. The second-order valence-electron chi connectivity index (χ2n) is 4.62. The minimum Gasteiger partial charge on any atom is -0.480 e. The van der Waals surface area contributed by atoms with Crippen LogP contribution in [0.3, 0.4) is 0 Å². The van der Waals surface area contributed by atoms with E-state index in [-0.39, 0.29) is 0 Å². The predicted octanol–water partition coefficient (Wildman–Crippen LogP) is 1.63. The van der Waals surface area contributed by atoms with Gasteiger partial charge in [-0.2, -0.15) is 0 Å². The van der Waals surface area contributed by atoms with E-state index in [1.165, 1.54) is 6.33 Å². The van der Waals surface area contributed by atoms with Crippen molar-refractivity contribution in [1.82, 2.24) is 9.97 Å². The minimum atomic E-state index is -0.968. The molecular formula is C12H17N3O2. The largest absolute Gasteiger partial charge is 0.480 e. The molecule has 0 aromatic carbocycles. The highest BCUT2D eigenvalue weighted by Gasteiger charge is 2.32. The van der Waals surface area contributed by atoms with Crippen molar-refractivity contribution in [2.45, 2.75) is 45.1 Å². The monoisotopic (exact) mass is 235 g/mol. The summed E-state index contributed by atoms with van der Waals surface area (Å²) in [5.41, 5.74) is 1.16. The van der Waals surface area contributed by atoms with E-state index in [1.807, 2.05) is 6.92 Å². The van der Waals surface area contributed by atoms with Gasteiger partial charge in [-0.05, 0) is 32.6 Å². The third-order valence-electron chi connectivity index (χ3n) is 3.45. The van der Waals surface area contributed by atoms with Crippen LogP contribution in [-0.4, -0.2) is 26.6 Å². The van der Waals surface area contributed by atoms with Crippen molar-refractivity contribution in [3.8, 4) is 0 Å². The van der Waals surface area contributed by atoms with Crippen LogP contribution in [0.15, 0.2) is 6.33 Å². The maximum Gasteiger partial charge on any atom is 0.329 e. The minimum absolute atomic E-state index is 0.501. The van der Waals surface area contributed by atoms with Gasteiger partial charge in [-0.3, -0.25) is 0 Å². The summed E-state index contributed by atoms with van der Waals surface area (Å²) >= 11 is 0. The molecule has 1 aromatic rings. The van der Waals surface area contributed by atoms with E-state index in [2.05, 4.69) is 15.3 Å². The van der Waals surface area contributed by atoms with Gasteiger partial charge in [0.25, 0.3) is 0 Å². The molecule has 5 nitrogen and oxygen atoms in total. The molecule has 0 saturated carbocycles. The Morgan fingerprint density at radius 2 is 2.29 bits per heavy atom. The highest BCUT2D eigenvalue weighted by atomic mass is 16.4. The van der Waals surface area contributed by atoms with Crippen LogP contribution in [0.5, 0.6) is 0 Å². The summed E-state index contributed by atoms with van der Waals surface area (Å²) in [5.74, 6) is -0.176. The number of aryl methyl sites for hydroxylation is 1. The molecule has 2 rings (SSSR count). The third kappa shape index (κ3) is 2.09. The quantitative estimate of drug-likeness (QED) is 0.829. The zero-order chi connectivity index (χ0) is 12.5. The van der Waals surface area contributed by atoms with E-state index in [4.69, 9.17) is 0 Å². The number of fused-ring (bicyclic) bond motifs is 1. The summed E-state index contributed by atoms with van der Waals surface area (Å²) in [4.78, 5) is 19.7. The van der Waals surface area contributed by atoms with Gasteiger partial charge in [0, 0.05) is 11.3 Å². The number of carboxylic acids is 1. The Bertz CT molecular complexity index is 447. The Balaban J connectivity index is 2.30. The number of rotatable bonds is 4. The standard InChI is InChI=1S/C12H17N3O2/c1-3-12(2,11(16)17)15-10-8-5-4-6-9(8)13-7-14-10/h7H,3-6H2,1-2H3,(H,16,17)(H,13,14,15). The molecule has 92 valence electrons. The van der Waals surface area contributed by atoms with E-state index in [0.29, 0.717) is 12.2 Å². The van der Waals surface area contributed by atoms with Crippen LogP contribution in [0, 0.1) is 0 Å². The lowest BCUT2D eigenvalue weighted by molar-refractivity contribution is -0.141. The second-order valence-corrected chi connectivity index (χ2v) is 4.62. The van der Waals surface area contributed by atoms with Gasteiger partial charge in [-0.1, -0.05) is 6.92 Å². The van der Waals surface area contributed by atoms with E-state index in [9.17, 15) is 9.90 Å². The number of carboxylic acid groups (broad SMARTS) is 1. The number of carbonyl (C=O) groups is 1. The maximum absolute atomic E-state index is 11.3. The normalized spacial score (nSPS) is 17.3.